The molecular formula is C19H15N5O3S. The minimum Gasteiger partial charge on any atom is -0.510 e. The van der Waals surface area contributed by atoms with Crippen molar-refractivity contribution < 1.29 is 13.9 Å². The molecule has 0 saturated carbocycles. The van der Waals surface area contributed by atoms with Gasteiger partial charge in [-0.2, -0.15) is 5.26 Å². The summed E-state index contributed by atoms with van der Waals surface area (Å²) in [6.45, 7) is 3.54. The predicted octanol–water partition coefficient (Wildman–Crippen LogP) is 4.49. The number of thioether (sulfide) groups is 1. The number of para-hydroxylation sites is 2. The van der Waals surface area contributed by atoms with Crippen molar-refractivity contribution in [1.82, 2.24) is 20.2 Å². The van der Waals surface area contributed by atoms with Crippen molar-refractivity contribution in [1.29, 1.82) is 5.26 Å². The van der Waals surface area contributed by atoms with Crippen molar-refractivity contribution in [2.24, 2.45) is 0 Å². The highest BCUT2D eigenvalue weighted by Gasteiger charge is 2.22. The van der Waals surface area contributed by atoms with Gasteiger partial charge in [0.15, 0.2) is 5.82 Å². The Hall–Kier alpha value is -3.51. The van der Waals surface area contributed by atoms with E-state index >= 15 is 0 Å². The molecule has 1 aromatic carbocycles. The van der Waals surface area contributed by atoms with Gasteiger partial charge in [-0.05, 0) is 32.0 Å². The summed E-state index contributed by atoms with van der Waals surface area (Å²) < 4.78 is 10.9. The molecule has 0 aliphatic rings. The molecule has 0 aliphatic carbocycles. The standard InChI is InChI=1S/C19H15N5O3S/c1-10-12(7-8-26-10)18-23-24-19(27-18)28-11(2)16(25)13(9-20)17-21-14-5-3-4-6-15(14)22-17/h3-8,11,25H,1-2H3,(H,21,22)/b16-13-. The Morgan fingerprint density at radius 1 is 1.29 bits per heavy atom. The SMILES string of the molecule is Cc1occc1-c1nnc(SC(C)/C(O)=C(\C#N)c2nc3ccccc3[nH]2)o1. The van der Waals surface area contributed by atoms with Crippen molar-refractivity contribution in [3.8, 4) is 17.5 Å². The number of aliphatic hydroxyl groups is 1. The molecule has 0 saturated heterocycles. The molecule has 0 aliphatic heterocycles. The third-order valence-corrected chi connectivity index (χ3v) is 5.10. The van der Waals surface area contributed by atoms with E-state index < -0.39 is 5.25 Å². The third-order valence-electron chi connectivity index (χ3n) is 4.15. The van der Waals surface area contributed by atoms with Crippen molar-refractivity contribution >= 4 is 28.4 Å². The van der Waals surface area contributed by atoms with E-state index in [0.717, 1.165) is 22.8 Å². The number of aliphatic hydroxyl groups excluding tert-OH is 1. The van der Waals surface area contributed by atoms with Gasteiger partial charge in [0.2, 0.25) is 0 Å². The molecule has 0 amide bonds. The second-order valence-electron chi connectivity index (χ2n) is 6.00. The van der Waals surface area contributed by atoms with Crippen LogP contribution in [0.2, 0.25) is 0 Å². The lowest BCUT2D eigenvalue weighted by Gasteiger charge is -2.08. The molecule has 3 heterocycles. The Balaban J connectivity index is 1.59. The maximum atomic E-state index is 10.6. The zero-order valence-electron chi connectivity index (χ0n) is 15.0. The van der Waals surface area contributed by atoms with Crippen LogP contribution in [0.15, 0.2) is 56.4 Å². The fraction of sp³-hybridized carbons (Fsp3) is 0.158. The molecule has 28 heavy (non-hydrogen) atoms. The molecule has 1 unspecified atom stereocenters. The van der Waals surface area contributed by atoms with Crippen molar-refractivity contribution in [3.63, 3.8) is 0 Å². The number of nitriles is 1. The van der Waals surface area contributed by atoms with E-state index in [-0.39, 0.29) is 16.6 Å². The normalized spacial score (nSPS) is 13.3. The average molecular weight is 393 g/mol. The number of nitrogens with one attached hydrogen (secondary N) is 1. The molecule has 3 aromatic heterocycles. The van der Waals surface area contributed by atoms with E-state index in [0.29, 0.717) is 23.0 Å². The highest BCUT2D eigenvalue weighted by molar-refractivity contribution is 7.99. The smallest absolute Gasteiger partial charge is 0.277 e. The van der Waals surface area contributed by atoms with E-state index in [4.69, 9.17) is 8.83 Å². The molecule has 8 nitrogen and oxygen atoms in total. The van der Waals surface area contributed by atoms with Crippen LogP contribution in [-0.4, -0.2) is 30.5 Å². The summed E-state index contributed by atoms with van der Waals surface area (Å²) in [7, 11) is 0. The number of aromatic nitrogens is 4. The summed E-state index contributed by atoms with van der Waals surface area (Å²) in [5, 5.41) is 27.9. The minimum atomic E-state index is -0.499. The van der Waals surface area contributed by atoms with Crippen LogP contribution in [0.3, 0.4) is 0 Å². The number of aromatic amines is 1. The topological polar surface area (TPSA) is 125 Å². The number of allylic oxidation sites excluding steroid dienone is 1. The first-order valence-corrected chi connectivity index (χ1v) is 9.27. The number of fused-ring (bicyclic) bond motifs is 1. The van der Waals surface area contributed by atoms with Gasteiger partial charge < -0.3 is 18.9 Å². The summed E-state index contributed by atoms with van der Waals surface area (Å²) in [6.07, 6.45) is 1.55. The summed E-state index contributed by atoms with van der Waals surface area (Å²) in [5.41, 5.74) is 2.29. The van der Waals surface area contributed by atoms with Gasteiger partial charge in [-0.1, -0.05) is 23.9 Å². The zero-order valence-corrected chi connectivity index (χ0v) is 15.8. The first-order chi connectivity index (χ1) is 13.6. The number of hydrogen-bond donors (Lipinski definition) is 2. The lowest BCUT2D eigenvalue weighted by Crippen LogP contribution is -2.04. The van der Waals surface area contributed by atoms with E-state index in [9.17, 15) is 10.4 Å². The van der Waals surface area contributed by atoms with Gasteiger partial charge in [-0.25, -0.2) is 4.98 Å². The minimum absolute atomic E-state index is 0.0709. The Kier molecular flexibility index (Phi) is 4.63. The largest absolute Gasteiger partial charge is 0.510 e. The van der Waals surface area contributed by atoms with Crippen LogP contribution in [0.4, 0.5) is 0 Å². The molecule has 2 N–H and O–H groups in total. The molecule has 140 valence electrons. The molecule has 0 spiro atoms. The van der Waals surface area contributed by atoms with Crippen LogP contribution in [0.1, 0.15) is 18.5 Å². The van der Waals surface area contributed by atoms with E-state index in [2.05, 4.69) is 20.2 Å². The van der Waals surface area contributed by atoms with E-state index in [1.807, 2.05) is 30.3 Å². The van der Waals surface area contributed by atoms with Gasteiger partial charge in [-0.15, -0.1) is 10.2 Å². The Morgan fingerprint density at radius 3 is 2.82 bits per heavy atom. The van der Waals surface area contributed by atoms with Gasteiger partial charge in [0.1, 0.15) is 23.2 Å². The van der Waals surface area contributed by atoms with Crippen LogP contribution in [-0.2, 0) is 0 Å². The molecule has 0 bridgehead atoms. The number of benzene rings is 1. The van der Waals surface area contributed by atoms with Crippen LogP contribution in [0.5, 0.6) is 0 Å². The molecule has 4 rings (SSSR count). The lowest BCUT2D eigenvalue weighted by atomic mass is 10.2. The second-order valence-corrected chi connectivity index (χ2v) is 7.29. The zero-order chi connectivity index (χ0) is 19.7. The second kappa shape index (κ2) is 7.25. The predicted molar refractivity (Wildman–Crippen MR) is 103 cm³/mol. The number of aryl methyl sites for hydroxylation is 1. The monoisotopic (exact) mass is 393 g/mol. The number of hydrogen-bond acceptors (Lipinski definition) is 8. The Labute approximate surface area is 163 Å². The fourth-order valence-corrected chi connectivity index (χ4v) is 3.43. The van der Waals surface area contributed by atoms with Gasteiger partial charge in [-0.3, -0.25) is 0 Å². The highest BCUT2D eigenvalue weighted by Crippen LogP contribution is 2.32. The Bertz CT molecular complexity index is 1180. The van der Waals surface area contributed by atoms with Crippen LogP contribution >= 0.6 is 11.8 Å². The van der Waals surface area contributed by atoms with E-state index in [1.54, 1.807) is 26.2 Å². The van der Waals surface area contributed by atoms with Crippen molar-refractivity contribution in [2.45, 2.75) is 24.3 Å². The van der Waals surface area contributed by atoms with Gasteiger partial charge in [0.05, 0.1) is 28.1 Å². The molecular weight excluding hydrogens is 378 g/mol. The molecule has 0 radical (unpaired) electrons. The van der Waals surface area contributed by atoms with Crippen LogP contribution in [0, 0.1) is 18.3 Å². The quantitative estimate of drug-likeness (QED) is 0.289. The summed E-state index contributed by atoms with van der Waals surface area (Å²) in [5.74, 6) is 1.20. The lowest BCUT2D eigenvalue weighted by molar-refractivity contribution is 0.399. The third kappa shape index (κ3) is 3.25. The van der Waals surface area contributed by atoms with Crippen LogP contribution < -0.4 is 0 Å². The van der Waals surface area contributed by atoms with Gasteiger partial charge in [0, 0.05) is 0 Å². The fourth-order valence-electron chi connectivity index (χ4n) is 2.69. The molecule has 0 fully saturated rings. The number of furan rings is 1. The number of rotatable bonds is 5. The number of imidazole rings is 1. The maximum Gasteiger partial charge on any atom is 0.277 e. The molecule has 4 aromatic rings. The van der Waals surface area contributed by atoms with Crippen molar-refractivity contribution in [2.75, 3.05) is 0 Å². The summed E-state index contributed by atoms with van der Waals surface area (Å²) in [4.78, 5) is 7.43. The Morgan fingerprint density at radius 2 is 2.11 bits per heavy atom. The first-order valence-electron chi connectivity index (χ1n) is 8.39. The number of nitrogens with zero attached hydrogens (tertiary/aromatic N) is 4. The van der Waals surface area contributed by atoms with Crippen LogP contribution in [0.25, 0.3) is 28.1 Å². The average Bonchev–Trinajstić information content (AvgIpc) is 3.41. The van der Waals surface area contributed by atoms with Gasteiger partial charge in [0.25, 0.3) is 11.1 Å². The molecule has 1 atom stereocenters. The van der Waals surface area contributed by atoms with Crippen molar-refractivity contribution in [3.05, 3.63) is 53.9 Å². The van der Waals surface area contributed by atoms with Gasteiger partial charge >= 0.3 is 0 Å². The number of H-pyrrole nitrogens is 1. The van der Waals surface area contributed by atoms with E-state index in [1.165, 1.54) is 0 Å². The maximum absolute atomic E-state index is 10.6. The first kappa shape index (κ1) is 17.9. The summed E-state index contributed by atoms with van der Waals surface area (Å²) >= 11 is 1.15. The highest BCUT2D eigenvalue weighted by atomic mass is 32.2. The molecule has 9 heteroatoms. The summed E-state index contributed by atoms with van der Waals surface area (Å²) in [6, 6.07) is 11.2.